The number of nitrogens with zero attached hydrogens (tertiary/aromatic N) is 2. The van der Waals surface area contributed by atoms with E-state index < -0.39 is 0 Å². The fourth-order valence-corrected chi connectivity index (χ4v) is 4.06. The van der Waals surface area contributed by atoms with Gasteiger partial charge >= 0.3 is 6.03 Å². The summed E-state index contributed by atoms with van der Waals surface area (Å²) in [7, 11) is 3.34. The van der Waals surface area contributed by atoms with Gasteiger partial charge in [-0.1, -0.05) is 6.92 Å². The first-order chi connectivity index (χ1) is 16.1. The summed E-state index contributed by atoms with van der Waals surface area (Å²) in [4.78, 5) is 41.9. The number of nitrogens with one attached hydrogen (secondary N) is 2. The second-order valence-electron chi connectivity index (χ2n) is 9.83. The second-order valence-corrected chi connectivity index (χ2v) is 9.83. The molecular formula is C25H38N4O5. The van der Waals surface area contributed by atoms with E-state index in [0.717, 1.165) is 12.8 Å². The van der Waals surface area contributed by atoms with Crippen molar-refractivity contribution in [1.29, 1.82) is 0 Å². The van der Waals surface area contributed by atoms with E-state index in [1.54, 1.807) is 42.2 Å². The molecule has 1 heterocycles. The average Bonchev–Trinajstić information content (AvgIpc) is 3.63. The third-order valence-electron chi connectivity index (χ3n) is 6.33. The number of ether oxygens (including phenoxy) is 2. The largest absolute Gasteiger partial charge is 0.491 e. The second kappa shape index (κ2) is 11.1. The number of urea groups is 1. The van der Waals surface area contributed by atoms with Crippen molar-refractivity contribution in [3.05, 3.63) is 23.8 Å². The summed E-state index contributed by atoms with van der Waals surface area (Å²) >= 11 is 0. The zero-order valence-corrected chi connectivity index (χ0v) is 21.1. The number of methoxy groups -OCH3 is 1. The van der Waals surface area contributed by atoms with Crippen molar-refractivity contribution in [2.24, 2.45) is 11.8 Å². The van der Waals surface area contributed by atoms with Gasteiger partial charge < -0.3 is 29.9 Å². The molecule has 0 spiro atoms. The lowest BCUT2D eigenvalue weighted by Gasteiger charge is -2.36. The Labute approximate surface area is 202 Å². The van der Waals surface area contributed by atoms with Crippen LogP contribution in [0.15, 0.2) is 18.2 Å². The molecule has 4 amide bonds. The number of anilines is 1. The van der Waals surface area contributed by atoms with Crippen LogP contribution in [0, 0.1) is 11.8 Å². The van der Waals surface area contributed by atoms with E-state index >= 15 is 0 Å². The van der Waals surface area contributed by atoms with Gasteiger partial charge in [0.1, 0.15) is 12.4 Å². The molecule has 1 aliphatic heterocycles. The lowest BCUT2D eigenvalue weighted by Crippen LogP contribution is -2.52. The monoisotopic (exact) mass is 474 g/mol. The van der Waals surface area contributed by atoms with Gasteiger partial charge in [0.2, 0.25) is 5.91 Å². The summed E-state index contributed by atoms with van der Waals surface area (Å²) in [5, 5.41) is 5.87. The van der Waals surface area contributed by atoms with Gasteiger partial charge in [0.15, 0.2) is 0 Å². The minimum Gasteiger partial charge on any atom is -0.491 e. The van der Waals surface area contributed by atoms with Crippen LogP contribution in [0.2, 0.25) is 0 Å². The first kappa shape index (κ1) is 25.8. The lowest BCUT2D eigenvalue weighted by molar-refractivity contribution is -0.117. The minimum atomic E-state index is -0.267. The Morgan fingerprint density at radius 2 is 1.88 bits per heavy atom. The average molecular weight is 475 g/mol. The molecule has 3 rings (SSSR count). The molecule has 9 nitrogen and oxygen atoms in total. The Morgan fingerprint density at radius 1 is 1.18 bits per heavy atom. The van der Waals surface area contributed by atoms with E-state index in [0.29, 0.717) is 30.1 Å². The van der Waals surface area contributed by atoms with Gasteiger partial charge in [-0.2, -0.15) is 0 Å². The SMILES string of the molecule is CO[C@H]1CN(C)C(=O)c2cc(NC(=O)C3CC3)ccc2OC[C@H](C)N(C(=O)NC(C)C)C[C@@H]1C. The van der Waals surface area contributed by atoms with Crippen LogP contribution in [0.25, 0.3) is 0 Å². The van der Waals surface area contributed by atoms with Gasteiger partial charge in [-0.05, 0) is 51.8 Å². The lowest BCUT2D eigenvalue weighted by atomic mass is 10.0. The molecule has 1 aliphatic carbocycles. The topological polar surface area (TPSA) is 100 Å². The van der Waals surface area contributed by atoms with Crippen LogP contribution in [-0.4, -0.2) is 79.7 Å². The number of rotatable bonds is 4. The van der Waals surface area contributed by atoms with Crippen LogP contribution in [0.5, 0.6) is 5.75 Å². The first-order valence-electron chi connectivity index (χ1n) is 12.0. The number of amides is 4. The van der Waals surface area contributed by atoms with Crippen LogP contribution in [-0.2, 0) is 9.53 Å². The Balaban J connectivity index is 1.92. The van der Waals surface area contributed by atoms with Crippen LogP contribution in [0.4, 0.5) is 10.5 Å². The maximum atomic E-state index is 13.4. The number of likely N-dealkylation sites (N-methyl/N-ethyl adjacent to an activating group) is 1. The van der Waals surface area contributed by atoms with Crippen molar-refractivity contribution in [2.45, 2.75) is 58.7 Å². The van der Waals surface area contributed by atoms with Crippen molar-refractivity contribution >= 4 is 23.5 Å². The maximum absolute atomic E-state index is 13.4. The Kier molecular flexibility index (Phi) is 8.41. The Bertz CT molecular complexity index is 901. The number of carbonyl (C=O) groups is 3. The van der Waals surface area contributed by atoms with Crippen LogP contribution >= 0.6 is 0 Å². The third kappa shape index (κ3) is 6.40. The van der Waals surface area contributed by atoms with Crippen LogP contribution < -0.4 is 15.4 Å². The van der Waals surface area contributed by atoms with E-state index in [4.69, 9.17) is 9.47 Å². The predicted molar refractivity (Wildman–Crippen MR) is 130 cm³/mol. The summed E-state index contributed by atoms with van der Waals surface area (Å²) in [5.74, 6) is 0.213. The van der Waals surface area contributed by atoms with E-state index in [9.17, 15) is 14.4 Å². The predicted octanol–water partition coefficient (Wildman–Crippen LogP) is 2.96. The smallest absolute Gasteiger partial charge is 0.317 e. The van der Waals surface area contributed by atoms with Crippen molar-refractivity contribution in [1.82, 2.24) is 15.1 Å². The van der Waals surface area contributed by atoms with Crippen LogP contribution in [0.3, 0.4) is 0 Å². The molecule has 2 aliphatic rings. The van der Waals surface area contributed by atoms with Gasteiger partial charge in [0.25, 0.3) is 5.91 Å². The van der Waals surface area contributed by atoms with Gasteiger partial charge in [0.05, 0.1) is 17.7 Å². The Morgan fingerprint density at radius 3 is 2.50 bits per heavy atom. The zero-order valence-electron chi connectivity index (χ0n) is 21.1. The number of hydrogen-bond donors (Lipinski definition) is 2. The zero-order chi connectivity index (χ0) is 25.0. The number of fused-ring (bicyclic) bond motifs is 1. The van der Waals surface area contributed by atoms with Gasteiger partial charge in [-0.25, -0.2) is 4.79 Å². The molecule has 34 heavy (non-hydrogen) atoms. The van der Waals surface area contributed by atoms with E-state index in [2.05, 4.69) is 10.6 Å². The molecule has 0 unspecified atom stereocenters. The fraction of sp³-hybridized carbons (Fsp3) is 0.640. The van der Waals surface area contributed by atoms with Gasteiger partial charge in [-0.3, -0.25) is 9.59 Å². The van der Waals surface area contributed by atoms with Crippen molar-refractivity contribution in [3.8, 4) is 5.75 Å². The highest BCUT2D eigenvalue weighted by atomic mass is 16.5. The molecule has 188 valence electrons. The molecule has 0 bridgehead atoms. The molecule has 1 aromatic carbocycles. The standard InChI is InChI=1S/C25H38N4O5/c1-15(2)26-25(32)29-12-16(3)22(33-6)13-28(5)24(31)20-11-19(27-23(30)18-7-8-18)9-10-21(20)34-14-17(29)4/h9-11,15-18,22H,7-8,12-14H2,1-6H3,(H,26,32)(H,27,30)/t16-,17-,22-/m0/s1. The highest BCUT2D eigenvalue weighted by Gasteiger charge is 2.32. The quantitative estimate of drug-likeness (QED) is 0.699. The fourth-order valence-electron chi connectivity index (χ4n) is 4.06. The summed E-state index contributed by atoms with van der Waals surface area (Å²) < 4.78 is 11.8. The molecule has 0 radical (unpaired) electrons. The van der Waals surface area contributed by atoms with Gasteiger partial charge in [-0.15, -0.1) is 0 Å². The maximum Gasteiger partial charge on any atom is 0.317 e. The van der Waals surface area contributed by atoms with E-state index in [1.165, 1.54) is 0 Å². The Hall–Kier alpha value is -2.81. The third-order valence-corrected chi connectivity index (χ3v) is 6.33. The molecule has 2 N–H and O–H groups in total. The summed E-state index contributed by atoms with van der Waals surface area (Å²) in [6.45, 7) is 8.82. The molecule has 1 saturated carbocycles. The molecular weight excluding hydrogens is 436 g/mol. The van der Waals surface area contributed by atoms with Crippen molar-refractivity contribution in [2.75, 3.05) is 39.2 Å². The molecule has 0 aromatic heterocycles. The normalized spacial score (nSPS) is 24.0. The molecule has 0 saturated heterocycles. The number of hydrogen-bond acceptors (Lipinski definition) is 5. The van der Waals surface area contributed by atoms with E-state index in [1.807, 2.05) is 27.7 Å². The summed E-state index contributed by atoms with van der Waals surface area (Å²) in [6, 6.07) is 4.72. The minimum absolute atomic E-state index is 0.00396. The van der Waals surface area contributed by atoms with Crippen molar-refractivity contribution in [3.63, 3.8) is 0 Å². The molecule has 3 atom stereocenters. The summed E-state index contributed by atoms with van der Waals surface area (Å²) in [5.41, 5.74) is 0.931. The molecule has 1 fully saturated rings. The highest BCUT2D eigenvalue weighted by molar-refractivity contribution is 6.00. The highest BCUT2D eigenvalue weighted by Crippen LogP contribution is 2.31. The molecule has 1 aromatic rings. The van der Waals surface area contributed by atoms with Gasteiger partial charge in [0, 0.05) is 50.8 Å². The molecule has 9 heteroatoms. The first-order valence-corrected chi connectivity index (χ1v) is 12.0. The van der Waals surface area contributed by atoms with Crippen LogP contribution in [0.1, 0.15) is 50.9 Å². The van der Waals surface area contributed by atoms with E-state index in [-0.39, 0.29) is 54.5 Å². The number of carbonyl (C=O) groups excluding carboxylic acids is 3. The summed E-state index contributed by atoms with van der Waals surface area (Å²) in [6.07, 6.45) is 1.53. The number of benzene rings is 1. The van der Waals surface area contributed by atoms with Crippen molar-refractivity contribution < 1.29 is 23.9 Å².